The van der Waals surface area contributed by atoms with Gasteiger partial charge in [0, 0.05) is 45.8 Å². The third-order valence-electron chi connectivity index (χ3n) is 11.6. The van der Waals surface area contributed by atoms with Gasteiger partial charge in [0.25, 0.3) is 5.82 Å². The predicted octanol–water partition coefficient (Wildman–Crippen LogP) is 9.58. The minimum absolute atomic E-state index is 0.223. The van der Waals surface area contributed by atoms with Crippen LogP contribution in [-0.4, -0.2) is 17.6 Å². The Bertz CT molecular complexity index is 2560. The summed E-state index contributed by atoms with van der Waals surface area (Å²) in [6.45, 7) is 19.3. The molecule has 2 aliphatic rings. The monoisotopic (exact) mass is 688 g/mol. The van der Waals surface area contributed by atoms with Crippen LogP contribution < -0.4 is 14.3 Å². The SMILES string of the molecule is C=C1CC2C(CCc3ccc4c(oc5ccccc54)c3-c3n(C)c4c(C)nccc4[n+]31)c1ccccc1-c1cc(CC(C)C)c([Si](C)(C)C)c[n+]12. The van der Waals surface area contributed by atoms with Crippen molar-refractivity contribution in [2.45, 2.75) is 78.1 Å². The number of nitrogens with zero attached hydrogens (tertiary/aromatic N) is 4. The van der Waals surface area contributed by atoms with Gasteiger partial charge in [-0.2, -0.15) is 9.13 Å². The number of allylic oxidation sites excluding steroid dienone is 1. The van der Waals surface area contributed by atoms with Crippen molar-refractivity contribution in [2.75, 3.05) is 0 Å². The molecule has 0 fully saturated rings. The average molecular weight is 689 g/mol. The summed E-state index contributed by atoms with van der Waals surface area (Å²) in [6, 6.07) is 27.2. The van der Waals surface area contributed by atoms with E-state index in [1.54, 1.807) is 5.19 Å². The average Bonchev–Trinajstić information content (AvgIpc) is 3.62. The lowest BCUT2D eigenvalue weighted by Gasteiger charge is -2.33. The number of imidazole rings is 1. The van der Waals surface area contributed by atoms with Gasteiger partial charge < -0.3 is 4.42 Å². The Kier molecular flexibility index (Phi) is 7.31. The Morgan fingerprint density at radius 2 is 1.78 bits per heavy atom. The van der Waals surface area contributed by atoms with Crippen LogP contribution in [0.1, 0.15) is 61.0 Å². The number of aromatic nitrogens is 4. The van der Waals surface area contributed by atoms with Gasteiger partial charge in [0.1, 0.15) is 16.8 Å². The van der Waals surface area contributed by atoms with Gasteiger partial charge in [-0.25, -0.2) is 4.57 Å². The first-order chi connectivity index (χ1) is 24.5. The molecule has 6 heterocycles. The van der Waals surface area contributed by atoms with E-state index < -0.39 is 8.07 Å². The lowest BCUT2D eigenvalue weighted by molar-refractivity contribution is -0.719. The molecule has 0 saturated heterocycles. The first kappa shape index (κ1) is 32.1. The Balaban J connectivity index is 1.34. The summed E-state index contributed by atoms with van der Waals surface area (Å²) >= 11 is 0. The Morgan fingerprint density at radius 1 is 1.00 bits per heavy atom. The second-order valence-electron chi connectivity index (χ2n) is 16.5. The topological polar surface area (TPSA) is 38.7 Å². The largest absolute Gasteiger partial charge is 0.455 e. The van der Waals surface area contributed by atoms with Crippen LogP contribution in [0.25, 0.3) is 61.3 Å². The predicted molar refractivity (Wildman–Crippen MR) is 212 cm³/mol. The van der Waals surface area contributed by atoms with Crippen LogP contribution in [0.4, 0.5) is 0 Å². The lowest BCUT2D eigenvalue weighted by atomic mass is 9.77. The highest BCUT2D eigenvalue weighted by molar-refractivity contribution is 6.89. The molecule has 5 nitrogen and oxygen atoms in total. The molecule has 6 heteroatoms. The van der Waals surface area contributed by atoms with E-state index in [4.69, 9.17) is 16.0 Å². The summed E-state index contributed by atoms with van der Waals surface area (Å²) in [5, 5.41) is 3.89. The molecule has 4 aromatic heterocycles. The summed E-state index contributed by atoms with van der Waals surface area (Å²) in [5.74, 6) is 2.03. The van der Waals surface area contributed by atoms with Crippen LogP contribution in [0, 0.1) is 12.8 Å². The van der Waals surface area contributed by atoms with Crippen LogP contribution in [0.3, 0.4) is 0 Å². The smallest absolute Gasteiger partial charge is 0.298 e. The van der Waals surface area contributed by atoms with Gasteiger partial charge in [-0.05, 0) is 60.9 Å². The number of fused-ring (bicyclic) bond motifs is 15. The summed E-state index contributed by atoms with van der Waals surface area (Å²) < 4.78 is 14.3. The van der Waals surface area contributed by atoms with Crippen molar-refractivity contribution in [1.82, 2.24) is 9.55 Å². The van der Waals surface area contributed by atoms with Crippen molar-refractivity contribution >= 4 is 51.9 Å². The fourth-order valence-corrected chi connectivity index (χ4v) is 11.1. The molecule has 2 unspecified atom stereocenters. The van der Waals surface area contributed by atoms with E-state index in [2.05, 4.69) is 140 Å². The molecule has 0 amide bonds. The number of hydrogen-bond donors (Lipinski definition) is 0. The molecule has 0 aliphatic carbocycles. The molecule has 0 spiro atoms. The second-order valence-corrected chi connectivity index (χ2v) is 21.5. The number of benzene rings is 3. The maximum absolute atomic E-state index is 6.81. The summed E-state index contributed by atoms with van der Waals surface area (Å²) in [4.78, 5) is 4.77. The second kappa shape index (κ2) is 11.6. The van der Waals surface area contributed by atoms with E-state index in [0.717, 1.165) is 81.4 Å². The number of para-hydroxylation sites is 1. The van der Waals surface area contributed by atoms with E-state index in [9.17, 15) is 0 Å². The quantitative estimate of drug-likeness (QED) is 0.137. The van der Waals surface area contributed by atoms with E-state index in [0.29, 0.717) is 11.8 Å². The molecule has 2 aliphatic heterocycles. The Morgan fingerprint density at radius 3 is 2.59 bits per heavy atom. The van der Waals surface area contributed by atoms with Crippen molar-refractivity contribution < 1.29 is 13.6 Å². The van der Waals surface area contributed by atoms with Crippen molar-refractivity contribution in [3.63, 3.8) is 0 Å². The van der Waals surface area contributed by atoms with Crippen LogP contribution in [0.15, 0.2) is 96.2 Å². The maximum Gasteiger partial charge on any atom is 0.298 e. The molecule has 0 bridgehead atoms. The zero-order valence-corrected chi connectivity index (χ0v) is 32.0. The Labute approximate surface area is 301 Å². The van der Waals surface area contributed by atoms with E-state index >= 15 is 0 Å². The molecule has 3 aromatic carbocycles. The normalized spacial score (nSPS) is 17.4. The van der Waals surface area contributed by atoms with Gasteiger partial charge in [-0.1, -0.05) is 88.6 Å². The molecule has 9 rings (SSSR count). The fourth-order valence-electron chi connectivity index (χ4n) is 9.46. The van der Waals surface area contributed by atoms with Crippen molar-refractivity contribution in [2.24, 2.45) is 13.0 Å². The van der Waals surface area contributed by atoms with Gasteiger partial charge >= 0.3 is 0 Å². The summed E-state index contributed by atoms with van der Waals surface area (Å²) in [5.41, 5.74) is 14.4. The molecule has 0 saturated carbocycles. The highest BCUT2D eigenvalue weighted by Gasteiger charge is 2.44. The molecule has 7 aromatic rings. The zero-order chi connectivity index (χ0) is 35.3. The van der Waals surface area contributed by atoms with E-state index in [1.807, 2.05) is 6.20 Å². The molecular formula is C45H48N4OSi+2. The highest BCUT2D eigenvalue weighted by Crippen LogP contribution is 2.46. The van der Waals surface area contributed by atoms with E-state index in [-0.39, 0.29) is 6.04 Å². The summed E-state index contributed by atoms with van der Waals surface area (Å²) in [6.07, 6.45) is 8.42. The molecule has 0 radical (unpaired) electrons. The number of rotatable bonds is 3. The van der Waals surface area contributed by atoms with Crippen LogP contribution >= 0.6 is 0 Å². The zero-order valence-electron chi connectivity index (χ0n) is 31.0. The van der Waals surface area contributed by atoms with Crippen molar-refractivity contribution in [3.05, 3.63) is 114 Å². The maximum atomic E-state index is 6.81. The minimum Gasteiger partial charge on any atom is -0.455 e. The van der Waals surface area contributed by atoms with Gasteiger partial charge in [-0.15, -0.1) is 0 Å². The van der Waals surface area contributed by atoms with Crippen LogP contribution in [0.2, 0.25) is 19.6 Å². The third kappa shape index (κ3) is 4.90. The molecular weight excluding hydrogens is 641 g/mol. The number of hydrogen-bond acceptors (Lipinski definition) is 2. The van der Waals surface area contributed by atoms with Gasteiger partial charge in [0.15, 0.2) is 28.9 Å². The molecule has 2 atom stereocenters. The summed E-state index contributed by atoms with van der Waals surface area (Å²) in [7, 11) is 0.524. The first-order valence-electron chi connectivity index (χ1n) is 18.7. The molecule has 0 N–H and O–H groups in total. The lowest BCUT2D eigenvalue weighted by Crippen LogP contribution is -2.54. The molecule has 256 valence electrons. The minimum atomic E-state index is -1.66. The van der Waals surface area contributed by atoms with Gasteiger partial charge in [0.2, 0.25) is 5.69 Å². The standard InChI is InChI=1S/C45H48N4OSi/c1-27(2)23-31-25-39-33-14-10-9-13-32(33)34-19-17-30-18-20-36-35-15-11-12-16-40(35)50-44(36)42(30)45-47(5)43-29(4)46-22-21-37(43)49(45)28(3)24-38(34)48(39)26-41(31)51(6,7)8/h9-16,18,20-22,25-27,34,38H,3,17,19,23-24H2,1-2,4-8H3/q+2. The third-order valence-corrected chi connectivity index (χ3v) is 13.7. The van der Waals surface area contributed by atoms with E-state index in [1.165, 1.54) is 27.9 Å². The van der Waals surface area contributed by atoms with Crippen LogP contribution in [0.5, 0.6) is 0 Å². The highest BCUT2D eigenvalue weighted by atomic mass is 28.3. The van der Waals surface area contributed by atoms with Crippen LogP contribution in [-0.2, 0) is 19.9 Å². The number of furan rings is 1. The molecule has 51 heavy (non-hydrogen) atoms. The van der Waals surface area contributed by atoms with Gasteiger partial charge in [0.05, 0.1) is 27.2 Å². The first-order valence-corrected chi connectivity index (χ1v) is 22.2. The number of pyridine rings is 2. The van der Waals surface area contributed by atoms with Crippen molar-refractivity contribution in [1.29, 1.82) is 0 Å². The van der Waals surface area contributed by atoms with Gasteiger partial charge in [-0.3, -0.25) is 4.98 Å². The number of aryl methyl sites for hydroxylation is 3. The van der Waals surface area contributed by atoms with Crippen molar-refractivity contribution in [3.8, 4) is 22.6 Å². The Hall–Kier alpha value is -4.81. The fraction of sp³-hybridized carbons (Fsp3) is 0.311.